The number of benzene rings is 1. The standard InChI is InChI=1S/C10H4ClF6N/c11-8(4-18)5-1-6(9(12,13)14)3-7(2-5)10(15,16)17/h1-3,8H. The summed E-state index contributed by atoms with van der Waals surface area (Å²) in [6.07, 6.45) is -9.88. The van der Waals surface area contributed by atoms with Crippen LogP contribution in [0.1, 0.15) is 22.1 Å². The lowest BCUT2D eigenvalue weighted by atomic mass is 10.0. The molecule has 0 saturated heterocycles. The monoisotopic (exact) mass is 287 g/mol. The highest BCUT2D eigenvalue weighted by atomic mass is 35.5. The number of halogens is 7. The van der Waals surface area contributed by atoms with Crippen LogP contribution in [0, 0.1) is 11.3 Å². The van der Waals surface area contributed by atoms with Crippen LogP contribution in [-0.4, -0.2) is 0 Å². The number of nitrogens with zero attached hydrogens (tertiary/aromatic N) is 1. The topological polar surface area (TPSA) is 23.8 Å². The molecule has 8 heteroatoms. The Morgan fingerprint density at radius 3 is 1.61 bits per heavy atom. The maximum absolute atomic E-state index is 12.4. The van der Waals surface area contributed by atoms with Crippen LogP contribution in [0.4, 0.5) is 26.3 Å². The second-order valence-electron chi connectivity index (χ2n) is 3.33. The quantitative estimate of drug-likeness (QED) is 0.550. The highest BCUT2D eigenvalue weighted by Crippen LogP contribution is 2.38. The number of hydrogen-bond donors (Lipinski definition) is 0. The van der Waals surface area contributed by atoms with Crippen LogP contribution >= 0.6 is 11.6 Å². The highest BCUT2D eigenvalue weighted by Gasteiger charge is 2.37. The summed E-state index contributed by atoms with van der Waals surface area (Å²) in [7, 11) is 0. The molecule has 0 aliphatic carbocycles. The molecule has 0 N–H and O–H groups in total. The van der Waals surface area contributed by atoms with E-state index >= 15 is 0 Å². The molecule has 18 heavy (non-hydrogen) atoms. The van der Waals surface area contributed by atoms with Crippen molar-refractivity contribution in [2.45, 2.75) is 17.7 Å². The molecule has 0 radical (unpaired) electrons. The van der Waals surface area contributed by atoms with E-state index in [1.807, 2.05) is 0 Å². The van der Waals surface area contributed by atoms with E-state index in [0.717, 1.165) is 0 Å². The maximum Gasteiger partial charge on any atom is 0.416 e. The van der Waals surface area contributed by atoms with Crippen molar-refractivity contribution in [1.29, 1.82) is 5.26 Å². The fraction of sp³-hybridized carbons (Fsp3) is 0.300. The van der Waals surface area contributed by atoms with Gasteiger partial charge in [0.1, 0.15) is 5.38 Å². The van der Waals surface area contributed by atoms with Gasteiger partial charge in [0.05, 0.1) is 17.2 Å². The zero-order valence-corrected chi connectivity index (χ0v) is 9.16. The van der Waals surface area contributed by atoms with Crippen molar-refractivity contribution in [3.63, 3.8) is 0 Å². The van der Waals surface area contributed by atoms with E-state index in [-0.39, 0.29) is 6.07 Å². The summed E-state index contributed by atoms with van der Waals surface area (Å²) in [6.45, 7) is 0. The van der Waals surface area contributed by atoms with E-state index in [1.54, 1.807) is 0 Å². The van der Waals surface area contributed by atoms with Crippen molar-refractivity contribution < 1.29 is 26.3 Å². The van der Waals surface area contributed by atoms with Gasteiger partial charge in [-0.25, -0.2) is 0 Å². The molecule has 98 valence electrons. The maximum atomic E-state index is 12.4. The van der Waals surface area contributed by atoms with Crippen LogP contribution in [-0.2, 0) is 12.4 Å². The van der Waals surface area contributed by atoms with Crippen molar-refractivity contribution in [1.82, 2.24) is 0 Å². The molecule has 1 aromatic rings. The summed E-state index contributed by atoms with van der Waals surface area (Å²) in [5.41, 5.74) is -3.53. The first-order valence-electron chi connectivity index (χ1n) is 4.39. The largest absolute Gasteiger partial charge is 0.416 e. The van der Waals surface area contributed by atoms with Gasteiger partial charge in [0.15, 0.2) is 0 Å². The van der Waals surface area contributed by atoms with Gasteiger partial charge in [-0.15, -0.1) is 11.6 Å². The van der Waals surface area contributed by atoms with Crippen molar-refractivity contribution >= 4 is 11.6 Å². The summed E-state index contributed by atoms with van der Waals surface area (Å²) in [5.74, 6) is 0. The van der Waals surface area contributed by atoms with E-state index in [2.05, 4.69) is 0 Å². The number of rotatable bonds is 1. The van der Waals surface area contributed by atoms with Gasteiger partial charge in [-0.1, -0.05) is 0 Å². The first kappa shape index (κ1) is 14.6. The SMILES string of the molecule is N#CC(Cl)c1cc(C(F)(F)F)cc(C(F)(F)F)c1. The lowest BCUT2D eigenvalue weighted by Gasteiger charge is -2.14. The lowest BCUT2D eigenvalue weighted by Crippen LogP contribution is -2.12. The average molecular weight is 288 g/mol. The second kappa shape index (κ2) is 4.69. The van der Waals surface area contributed by atoms with Gasteiger partial charge >= 0.3 is 12.4 Å². The fourth-order valence-electron chi connectivity index (χ4n) is 1.20. The van der Waals surface area contributed by atoms with Crippen LogP contribution in [0.2, 0.25) is 0 Å². The molecule has 1 unspecified atom stereocenters. The first-order chi connectivity index (χ1) is 8.05. The van der Waals surface area contributed by atoms with Crippen molar-refractivity contribution in [2.75, 3.05) is 0 Å². The third kappa shape index (κ3) is 3.29. The van der Waals surface area contributed by atoms with Gasteiger partial charge in [0, 0.05) is 0 Å². The lowest BCUT2D eigenvalue weighted by molar-refractivity contribution is -0.143. The molecule has 0 spiro atoms. The third-order valence-corrected chi connectivity index (χ3v) is 2.37. The minimum absolute atomic E-state index is 0.0233. The summed E-state index contributed by atoms with van der Waals surface area (Å²) in [5, 5.41) is 6.86. The van der Waals surface area contributed by atoms with Gasteiger partial charge in [-0.05, 0) is 23.8 Å². The van der Waals surface area contributed by atoms with E-state index in [1.165, 1.54) is 6.07 Å². The molecule has 0 saturated carbocycles. The number of nitriles is 1. The van der Waals surface area contributed by atoms with Crippen LogP contribution in [0.15, 0.2) is 18.2 Å². The molecule has 1 rings (SSSR count). The van der Waals surface area contributed by atoms with Gasteiger partial charge in [-0.3, -0.25) is 0 Å². The summed E-state index contributed by atoms with van der Waals surface area (Å²) in [6, 6.07) is 2.20. The Bertz CT molecular complexity index is 452. The van der Waals surface area contributed by atoms with E-state index in [4.69, 9.17) is 16.9 Å². The molecule has 0 heterocycles. The predicted molar refractivity (Wildman–Crippen MR) is 50.7 cm³/mol. The molecule has 0 amide bonds. The zero-order valence-electron chi connectivity index (χ0n) is 8.40. The minimum atomic E-state index is -4.94. The molecule has 0 aromatic heterocycles. The molecule has 0 aliphatic rings. The molecule has 0 bridgehead atoms. The van der Waals surface area contributed by atoms with Crippen LogP contribution in [0.3, 0.4) is 0 Å². The summed E-state index contributed by atoms with van der Waals surface area (Å²) in [4.78, 5) is 0. The van der Waals surface area contributed by atoms with Crippen molar-refractivity contribution in [2.24, 2.45) is 0 Å². The minimum Gasteiger partial charge on any atom is -0.196 e. The van der Waals surface area contributed by atoms with Crippen molar-refractivity contribution in [3.8, 4) is 6.07 Å². The summed E-state index contributed by atoms with van der Waals surface area (Å²) < 4.78 is 74.5. The number of alkyl halides is 7. The Morgan fingerprint density at radius 2 is 1.33 bits per heavy atom. The Balaban J connectivity index is 3.45. The second-order valence-corrected chi connectivity index (χ2v) is 3.77. The predicted octanol–water partition coefficient (Wildman–Crippen LogP) is 4.53. The van der Waals surface area contributed by atoms with Gasteiger partial charge < -0.3 is 0 Å². The van der Waals surface area contributed by atoms with Crippen molar-refractivity contribution in [3.05, 3.63) is 34.9 Å². The molecule has 0 aliphatic heterocycles. The van der Waals surface area contributed by atoms with E-state index in [0.29, 0.717) is 12.1 Å². The average Bonchev–Trinajstić information content (AvgIpc) is 2.25. The summed E-state index contributed by atoms with van der Waals surface area (Å²) >= 11 is 5.34. The third-order valence-electron chi connectivity index (χ3n) is 2.02. The van der Waals surface area contributed by atoms with Crippen LogP contribution < -0.4 is 0 Å². The Morgan fingerprint density at radius 1 is 0.944 bits per heavy atom. The van der Waals surface area contributed by atoms with Gasteiger partial charge in [-0.2, -0.15) is 31.6 Å². The Kier molecular flexibility index (Phi) is 3.81. The molecule has 1 aromatic carbocycles. The zero-order chi connectivity index (χ0) is 14.1. The van der Waals surface area contributed by atoms with Gasteiger partial charge in [0.2, 0.25) is 0 Å². The fourth-order valence-corrected chi connectivity index (χ4v) is 1.33. The van der Waals surface area contributed by atoms with E-state index in [9.17, 15) is 26.3 Å². The first-order valence-corrected chi connectivity index (χ1v) is 4.82. The molecule has 1 nitrogen and oxygen atoms in total. The Hall–Kier alpha value is -1.42. The molecule has 1 atom stereocenters. The smallest absolute Gasteiger partial charge is 0.196 e. The highest BCUT2D eigenvalue weighted by molar-refractivity contribution is 6.22. The Labute approximate surface area is 103 Å². The molecular weight excluding hydrogens is 284 g/mol. The van der Waals surface area contributed by atoms with E-state index < -0.39 is 34.4 Å². The van der Waals surface area contributed by atoms with Crippen LogP contribution in [0.5, 0.6) is 0 Å². The van der Waals surface area contributed by atoms with Crippen LogP contribution in [0.25, 0.3) is 0 Å². The number of hydrogen-bond acceptors (Lipinski definition) is 1. The van der Waals surface area contributed by atoms with Gasteiger partial charge in [0.25, 0.3) is 0 Å². The normalized spacial score (nSPS) is 14.1. The molecular formula is C10H4ClF6N. The molecule has 0 fully saturated rings.